The van der Waals surface area contributed by atoms with E-state index in [0.29, 0.717) is 11.1 Å². The second-order valence-corrected chi connectivity index (χ2v) is 4.69. The first kappa shape index (κ1) is 14.7. The summed E-state index contributed by atoms with van der Waals surface area (Å²) in [7, 11) is 4.74. The maximum absolute atomic E-state index is 11.9. The number of methoxy groups -OCH3 is 1. The maximum Gasteiger partial charge on any atom is 0.340 e. The molecular formula is C16H16N2O3. The Kier molecular flexibility index (Phi) is 4.33. The highest BCUT2D eigenvalue weighted by atomic mass is 16.5. The number of aromatic nitrogens is 1. The highest BCUT2D eigenvalue weighted by Gasteiger charge is 2.14. The van der Waals surface area contributed by atoms with Crippen LogP contribution in [0.3, 0.4) is 0 Å². The van der Waals surface area contributed by atoms with E-state index < -0.39 is 5.97 Å². The Morgan fingerprint density at radius 1 is 1.10 bits per heavy atom. The van der Waals surface area contributed by atoms with Gasteiger partial charge in [-0.1, -0.05) is 12.1 Å². The van der Waals surface area contributed by atoms with E-state index in [9.17, 15) is 9.59 Å². The van der Waals surface area contributed by atoms with Crippen molar-refractivity contribution in [2.24, 2.45) is 0 Å². The van der Waals surface area contributed by atoms with E-state index in [1.807, 2.05) is 0 Å². The number of benzene rings is 1. The van der Waals surface area contributed by atoms with Crippen LogP contribution in [0, 0.1) is 0 Å². The van der Waals surface area contributed by atoms with Gasteiger partial charge in [-0.15, -0.1) is 0 Å². The lowest BCUT2D eigenvalue weighted by atomic mass is 10.0. The molecule has 0 aliphatic carbocycles. The van der Waals surface area contributed by atoms with Gasteiger partial charge >= 0.3 is 5.97 Å². The number of ether oxygens (including phenoxy) is 1. The van der Waals surface area contributed by atoms with Gasteiger partial charge in [-0.2, -0.15) is 0 Å². The summed E-state index contributed by atoms with van der Waals surface area (Å²) < 4.78 is 4.75. The van der Waals surface area contributed by atoms with Crippen LogP contribution in [0.15, 0.2) is 42.7 Å². The van der Waals surface area contributed by atoms with Gasteiger partial charge < -0.3 is 9.64 Å². The number of hydrogen-bond donors (Lipinski definition) is 0. The van der Waals surface area contributed by atoms with Crippen molar-refractivity contribution in [2.45, 2.75) is 0 Å². The summed E-state index contributed by atoms with van der Waals surface area (Å²) in [5, 5.41) is 0. The molecule has 0 fully saturated rings. The molecule has 1 aromatic heterocycles. The first-order valence-corrected chi connectivity index (χ1v) is 6.39. The molecule has 0 unspecified atom stereocenters. The van der Waals surface area contributed by atoms with Crippen LogP contribution >= 0.6 is 0 Å². The predicted octanol–water partition coefficient (Wildman–Crippen LogP) is 2.24. The van der Waals surface area contributed by atoms with Crippen LogP contribution in [-0.4, -0.2) is 43.0 Å². The number of carbonyl (C=O) groups is 2. The van der Waals surface area contributed by atoms with E-state index in [1.165, 1.54) is 18.2 Å². The summed E-state index contributed by atoms with van der Waals surface area (Å²) in [5.74, 6) is -0.504. The van der Waals surface area contributed by atoms with Gasteiger partial charge in [0.2, 0.25) is 0 Å². The van der Waals surface area contributed by atoms with Crippen molar-refractivity contribution in [1.82, 2.24) is 9.88 Å². The average molecular weight is 284 g/mol. The fraction of sp³-hybridized carbons (Fsp3) is 0.188. The van der Waals surface area contributed by atoms with E-state index in [0.717, 1.165) is 11.1 Å². The summed E-state index contributed by atoms with van der Waals surface area (Å²) in [5.41, 5.74) is 2.54. The highest BCUT2D eigenvalue weighted by molar-refractivity contribution is 5.98. The largest absolute Gasteiger partial charge is 0.465 e. The molecule has 21 heavy (non-hydrogen) atoms. The molecule has 5 nitrogen and oxygen atoms in total. The third-order valence-corrected chi connectivity index (χ3v) is 3.08. The summed E-state index contributed by atoms with van der Waals surface area (Å²) in [6.45, 7) is 0. The smallest absolute Gasteiger partial charge is 0.340 e. The lowest BCUT2D eigenvalue weighted by Crippen LogP contribution is -2.21. The molecule has 1 heterocycles. The minimum atomic E-state index is -0.438. The number of nitrogens with zero attached hydrogens (tertiary/aromatic N) is 2. The van der Waals surface area contributed by atoms with Crippen molar-refractivity contribution in [3.8, 4) is 11.1 Å². The molecule has 1 aromatic carbocycles. The number of amides is 1. The molecule has 0 aliphatic rings. The Hall–Kier alpha value is -2.69. The van der Waals surface area contributed by atoms with Gasteiger partial charge in [-0.3, -0.25) is 9.78 Å². The Bertz CT molecular complexity index is 663. The summed E-state index contributed by atoms with van der Waals surface area (Å²) >= 11 is 0. The molecule has 0 saturated heterocycles. The van der Waals surface area contributed by atoms with Crippen LogP contribution in [0.2, 0.25) is 0 Å². The van der Waals surface area contributed by atoms with E-state index in [2.05, 4.69) is 4.98 Å². The van der Waals surface area contributed by atoms with E-state index in [4.69, 9.17) is 4.74 Å². The van der Waals surface area contributed by atoms with E-state index in [1.54, 1.807) is 50.6 Å². The highest BCUT2D eigenvalue weighted by Crippen LogP contribution is 2.24. The Balaban J connectivity index is 2.40. The molecule has 0 spiro atoms. The molecule has 0 aliphatic heterocycles. The van der Waals surface area contributed by atoms with Crippen molar-refractivity contribution < 1.29 is 14.3 Å². The minimum Gasteiger partial charge on any atom is -0.465 e. The van der Waals surface area contributed by atoms with E-state index in [-0.39, 0.29) is 5.91 Å². The lowest BCUT2D eigenvalue weighted by Gasteiger charge is -2.11. The zero-order chi connectivity index (χ0) is 15.4. The zero-order valence-corrected chi connectivity index (χ0v) is 12.2. The number of carbonyl (C=O) groups excluding carboxylic acids is 2. The lowest BCUT2D eigenvalue weighted by molar-refractivity contribution is 0.0601. The molecule has 0 atom stereocenters. The number of rotatable bonds is 3. The molecule has 1 amide bonds. The molecular weight excluding hydrogens is 268 g/mol. The third kappa shape index (κ3) is 3.08. The zero-order valence-electron chi connectivity index (χ0n) is 12.2. The second-order valence-electron chi connectivity index (χ2n) is 4.69. The SMILES string of the molecule is COC(=O)c1cnccc1-c1ccc(C(=O)N(C)C)cc1. The molecule has 0 saturated carbocycles. The van der Waals surface area contributed by atoms with E-state index >= 15 is 0 Å². The first-order chi connectivity index (χ1) is 10.0. The fourth-order valence-corrected chi connectivity index (χ4v) is 1.97. The van der Waals surface area contributed by atoms with Crippen molar-refractivity contribution in [3.63, 3.8) is 0 Å². The van der Waals surface area contributed by atoms with Gasteiger partial charge in [0.05, 0.1) is 12.7 Å². The van der Waals surface area contributed by atoms with Crippen LogP contribution < -0.4 is 0 Å². The van der Waals surface area contributed by atoms with Gasteiger partial charge in [0, 0.05) is 32.1 Å². The Labute approximate surface area is 123 Å². The van der Waals surface area contributed by atoms with Crippen molar-refractivity contribution >= 4 is 11.9 Å². The van der Waals surface area contributed by atoms with Crippen LogP contribution in [0.5, 0.6) is 0 Å². The number of esters is 1. The monoisotopic (exact) mass is 284 g/mol. The molecule has 0 radical (unpaired) electrons. The Morgan fingerprint density at radius 2 is 1.76 bits per heavy atom. The van der Waals surface area contributed by atoms with Crippen molar-refractivity contribution in [1.29, 1.82) is 0 Å². The van der Waals surface area contributed by atoms with Gasteiger partial charge in [0.15, 0.2) is 0 Å². The van der Waals surface area contributed by atoms with Gasteiger partial charge in [0.25, 0.3) is 5.91 Å². The topological polar surface area (TPSA) is 59.5 Å². The van der Waals surface area contributed by atoms with Gasteiger partial charge in [-0.25, -0.2) is 4.79 Å². The number of pyridine rings is 1. The van der Waals surface area contributed by atoms with Crippen LogP contribution in [0.25, 0.3) is 11.1 Å². The molecule has 108 valence electrons. The van der Waals surface area contributed by atoms with Gasteiger partial charge in [0.1, 0.15) is 0 Å². The van der Waals surface area contributed by atoms with Crippen LogP contribution in [0.1, 0.15) is 20.7 Å². The predicted molar refractivity (Wildman–Crippen MR) is 79.0 cm³/mol. The quantitative estimate of drug-likeness (QED) is 0.811. The average Bonchev–Trinajstić information content (AvgIpc) is 2.53. The second kappa shape index (κ2) is 6.17. The Morgan fingerprint density at radius 3 is 2.33 bits per heavy atom. The van der Waals surface area contributed by atoms with Crippen LogP contribution in [-0.2, 0) is 4.74 Å². The summed E-state index contributed by atoms with van der Waals surface area (Å²) in [6.07, 6.45) is 3.08. The maximum atomic E-state index is 11.9. The number of hydrogen-bond acceptors (Lipinski definition) is 4. The summed E-state index contributed by atoms with van der Waals surface area (Å²) in [6, 6.07) is 8.82. The molecule has 0 N–H and O–H groups in total. The normalized spacial score (nSPS) is 10.0. The molecule has 2 aromatic rings. The summed E-state index contributed by atoms with van der Waals surface area (Å²) in [4.78, 5) is 29.1. The van der Waals surface area contributed by atoms with Crippen molar-refractivity contribution in [2.75, 3.05) is 21.2 Å². The molecule has 2 rings (SSSR count). The molecule has 0 bridgehead atoms. The third-order valence-electron chi connectivity index (χ3n) is 3.08. The first-order valence-electron chi connectivity index (χ1n) is 6.39. The standard InChI is InChI=1S/C16H16N2O3/c1-18(2)15(19)12-6-4-11(5-7-12)13-8-9-17-10-14(13)16(20)21-3/h4-10H,1-3H3. The molecule has 5 heteroatoms. The van der Waals surface area contributed by atoms with Crippen molar-refractivity contribution in [3.05, 3.63) is 53.9 Å². The minimum absolute atomic E-state index is 0.0653. The van der Waals surface area contributed by atoms with Gasteiger partial charge in [-0.05, 0) is 29.3 Å². The van der Waals surface area contributed by atoms with Crippen LogP contribution in [0.4, 0.5) is 0 Å². The fourth-order valence-electron chi connectivity index (χ4n) is 1.97.